The topological polar surface area (TPSA) is 73.5 Å². The quantitative estimate of drug-likeness (QED) is 0.782. The Balaban J connectivity index is 0.00000208. The molecule has 0 radical (unpaired) electrons. The van der Waals surface area contributed by atoms with Crippen LogP contribution in [0.15, 0.2) is 42.5 Å². The number of rotatable bonds is 3. The third kappa shape index (κ3) is 4.70. The van der Waals surface area contributed by atoms with E-state index in [9.17, 15) is 9.59 Å². The number of para-hydroxylation sites is 1. The van der Waals surface area contributed by atoms with Gasteiger partial charge in [0.1, 0.15) is 0 Å². The summed E-state index contributed by atoms with van der Waals surface area (Å²) in [7, 11) is 0. The molecule has 1 aromatic carbocycles. The lowest BCUT2D eigenvalue weighted by Gasteiger charge is -2.26. The van der Waals surface area contributed by atoms with Gasteiger partial charge in [-0.2, -0.15) is 0 Å². The average Bonchev–Trinajstić information content (AvgIpc) is 3.04. The fourth-order valence-corrected chi connectivity index (χ4v) is 3.21. The molecule has 3 N–H and O–H groups in total. The molecule has 24 heavy (non-hydrogen) atoms. The van der Waals surface area contributed by atoms with Crippen LogP contribution >= 0.6 is 23.7 Å². The summed E-state index contributed by atoms with van der Waals surface area (Å²) in [5.41, 5.74) is 0.721. The summed E-state index contributed by atoms with van der Waals surface area (Å²) < 4.78 is 0. The molecule has 0 bridgehead atoms. The molecule has 0 atom stereocenters. The van der Waals surface area contributed by atoms with E-state index in [1.807, 2.05) is 35.2 Å². The van der Waals surface area contributed by atoms with E-state index in [1.165, 1.54) is 11.3 Å². The Hall–Kier alpha value is -2.09. The Morgan fingerprint density at radius 2 is 1.71 bits per heavy atom. The maximum atomic E-state index is 12.4. The molecule has 2 heterocycles. The standard InChI is InChI=1S/C16H18N4O2S.ClH/c21-15(20-10-8-17-9-11-20)13-6-7-14(23-13)19-16(22)18-12-4-2-1-3-5-12;/h1-7,17H,8-11H2,(H2,18,19,22);1H. The number of urea groups is 1. The van der Waals surface area contributed by atoms with Crippen LogP contribution in [-0.4, -0.2) is 43.0 Å². The Labute approximate surface area is 150 Å². The number of thiophene rings is 1. The fourth-order valence-electron chi connectivity index (χ4n) is 2.34. The second-order valence-electron chi connectivity index (χ2n) is 5.15. The molecule has 3 amide bonds. The number of piperazine rings is 1. The van der Waals surface area contributed by atoms with Crippen molar-refractivity contribution >= 4 is 46.4 Å². The van der Waals surface area contributed by atoms with Gasteiger partial charge in [-0.3, -0.25) is 10.1 Å². The first-order chi connectivity index (χ1) is 11.2. The lowest BCUT2D eigenvalue weighted by Crippen LogP contribution is -2.46. The SMILES string of the molecule is Cl.O=C(Nc1ccccc1)Nc1ccc(C(=O)N2CCNCC2)s1. The maximum Gasteiger partial charge on any atom is 0.324 e. The molecule has 1 aromatic heterocycles. The van der Waals surface area contributed by atoms with Crippen LogP contribution in [0.1, 0.15) is 9.67 Å². The van der Waals surface area contributed by atoms with E-state index in [2.05, 4.69) is 16.0 Å². The fraction of sp³-hybridized carbons (Fsp3) is 0.250. The van der Waals surface area contributed by atoms with Crippen molar-refractivity contribution in [2.45, 2.75) is 0 Å². The number of nitrogens with zero attached hydrogens (tertiary/aromatic N) is 1. The number of hydrogen-bond donors (Lipinski definition) is 3. The van der Waals surface area contributed by atoms with E-state index in [-0.39, 0.29) is 24.3 Å². The zero-order valence-corrected chi connectivity index (χ0v) is 14.6. The van der Waals surface area contributed by atoms with Crippen LogP contribution < -0.4 is 16.0 Å². The highest BCUT2D eigenvalue weighted by Gasteiger charge is 2.19. The molecule has 0 saturated carbocycles. The molecule has 8 heteroatoms. The minimum atomic E-state index is -0.320. The number of benzene rings is 1. The zero-order valence-electron chi connectivity index (χ0n) is 13.0. The third-order valence-corrected chi connectivity index (χ3v) is 4.48. The number of amides is 3. The third-order valence-electron chi connectivity index (χ3n) is 3.49. The minimum absolute atomic E-state index is 0. The number of anilines is 2. The maximum absolute atomic E-state index is 12.4. The number of carbonyl (C=O) groups is 2. The van der Waals surface area contributed by atoms with Gasteiger partial charge in [0.2, 0.25) is 0 Å². The minimum Gasteiger partial charge on any atom is -0.335 e. The summed E-state index contributed by atoms with van der Waals surface area (Å²) in [4.78, 5) is 26.8. The van der Waals surface area contributed by atoms with E-state index in [0.717, 1.165) is 18.8 Å². The van der Waals surface area contributed by atoms with Gasteiger partial charge in [0.15, 0.2) is 0 Å². The molecule has 128 valence electrons. The van der Waals surface area contributed by atoms with Gasteiger partial charge in [-0.15, -0.1) is 23.7 Å². The summed E-state index contributed by atoms with van der Waals surface area (Å²) in [6, 6.07) is 12.4. The van der Waals surface area contributed by atoms with Crippen molar-refractivity contribution in [3.8, 4) is 0 Å². The van der Waals surface area contributed by atoms with Crippen molar-refractivity contribution in [3.05, 3.63) is 47.3 Å². The molecule has 0 aliphatic carbocycles. The number of hydrogen-bond acceptors (Lipinski definition) is 4. The van der Waals surface area contributed by atoms with Gasteiger partial charge in [0.25, 0.3) is 5.91 Å². The van der Waals surface area contributed by atoms with Crippen molar-refractivity contribution in [2.24, 2.45) is 0 Å². The Morgan fingerprint density at radius 1 is 1.00 bits per heavy atom. The average molecular weight is 367 g/mol. The van der Waals surface area contributed by atoms with Gasteiger partial charge < -0.3 is 15.5 Å². The largest absolute Gasteiger partial charge is 0.335 e. The first-order valence-corrected chi connectivity index (χ1v) is 8.27. The summed E-state index contributed by atoms with van der Waals surface area (Å²) in [5, 5.41) is 9.37. The van der Waals surface area contributed by atoms with Crippen LogP contribution in [0.5, 0.6) is 0 Å². The van der Waals surface area contributed by atoms with Gasteiger partial charge in [-0.25, -0.2) is 4.79 Å². The molecule has 6 nitrogen and oxygen atoms in total. The first-order valence-electron chi connectivity index (χ1n) is 7.45. The van der Waals surface area contributed by atoms with Gasteiger partial charge in [-0.1, -0.05) is 18.2 Å². The van der Waals surface area contributed by atoms with E-state index < -0.39 is 0 Å². The monoisotopic (exact) mass is 366 g/mol. The van der Waals surface area contributed by atoms with Crippen molar-refractivity contribution < 1.29 is 9.59 Å². The van der Waals surface area contributed by atoms with Crippen molar-refractivity contribution in [1.29, 1.82) is 0 Å². The number of carbonyl (C=O) groups excluding carboxylic acids is 2. The summed E-state index contributed by atoms with van der Waals surface area (Å²) in [6.45, 7) is 3.07. The van der Waals surface area contributed by atoms with E-state index in [4.69, 9.17) is 0 Å². The van der Waals surface area contributed by atoms with Crippen LogP contribution in [0.25, 0.3) is 0 Å². The molecule has 3 rings (SSSR count). The van der Waals surface area contributed by atoms with Gasteiger partial charge in [0, 0.05) is 31.9 Å². The Kier molecular flexibility index (Phi) is 6.60. The molecule has 1 aliphatic heterocycles. The Bertz CT molecular complexity index is 686. The second kappa shape index (κ2) is 8.68. The van der Waals surface area contributed by atoms with Crippen LogP contribution in [-0.2, 0) is 0 Å². The van der Waals surface area contributed by atoms with Crippen LogP contribution in [0.2, 0.25) is 0 Å². The molecule has 1 saturated heterocycles. The molecule has 0 unspecified atom stereocenters. The van der Waals surface area contributed by atoms with E-state index in [1.54, 1.807) is 12.1 Å². The summed E-state index contributed by atoms with van der Waals surface area (Å²) in [6.07, 6.45) is 0. The van der Waals surface area contributed by atoms with Crippen LogP contribution in [0, 0.1) is 0 Å². The van der Waals surface area contributed by atoms with Crippen molar-refractivity contribution in [3.63, 3.8) is 0 Å². The molecule has 1 aliphatic rings. The first kappa shape index (κ1) is 18.3. The molecule has 0 spiro atoms. The summed E-state index contributed by atoms with van der Waals surface area (Å²) >= 11 is 1.29. The smallest absolute Gasteiger partial charge is 0.324 e. The second-order valence-corrected chi connectivity index (χ2v) is 6.24. The van der Waals surface area contributed by atoms with E-state index >= 15 is 0 Å². The highest BCUT2D eigenvalue weighted by molar-refractivity contribution is 7.18. The molecule has 1 fully saturated rings. The molecule has 2 aromatic rings. The normalized spacial score (nSPS) is 13.8. The van der Waals surface area contributed by atoms with Crippen molar-refractivity contribution in [1.82, 2.24) is 10.2 Å². The lowest BCUT2D eigenvalue weighted by atomic mass is 10.3. The predicted molar refractivity (Wildman–Crippen MR) is 99.4 cm³/mol. The highest BCUT2D eigenvalue weighted by Crippen LogP contribution is 2.23. The van der Waals surface area contributed by atoms with Crippen LogP contribution in [0.4, 0.5) is 15.5 Å². The van der Waals surface area contributed by atoms with Gasteiger partial charge >= 0.3 is 6.03 Å². The highest BCUT2D eigenvalue weighted by atomic mass is 35.5. The van der Waals surface area contributed by atoms with Gasteiger partial charge in [-0.05, 0) is 24.3 Å². The number of nitrogens with one attached hydrogen (secondary N) is 3. The van der Waals surface area contributed by atoms with Crippen molar-refractivity contribution in [2.75, 3.05) is 36.8 Å². The predicted octanol–water partition coefficient (Wildman–Crippen LogP) is 2.86. The summed E-state index contributed by atoms with van der Waals surface area (Å²) in [5.74, 6) is 0.0213. The molecular formula is C16H19ClN4O2S. The number of halogens is 1. The molecular weight excluding hydrogens is 348 g/mol. The van der Waals surface area contributed by atoms with Crippen LogP contribution in [0.3, 0.4) is 0 Å². The lowest BCUT2D eigenvalue weighted by molar-refractivity contribution is 0.0740. The van der Waals surface area contributed by atoms with E-state index in [0.29, 0.717) is 23.0 Å². The van der Waals surface area contributed by atoms with Gasteiger partial charge in [0.05, 0.1) is 9.88 Å². The Morgan fingerprint density at radius 3 is 2.42 bits per heavy atom. The zero-order chi connectivity index (χ0) is 16.1.